The highest BCUT2D eigenvalue weighted by Gasteiger charge is 2.52. The number of nitrogens with zero attached hydrogens (tertiary/aromatic N) is 2. The Bertz CT molecular complexity index is 742. The standard InChI is InChI=1S/C20H23ClN2O3/c21-16-3-1-2-13(10-16)12-22-6-8-23(9-7-22)19(24)17-14-4-5-15(11-14)18(17)20(25)26/h1-5,10,14-15,17-18H,6-9,11-12H2,(H,25,26)/t14-,15+,17-,18+/m0/s1. The molecule has 0 unspecified atom stereocenters. The molecular formula is C20H23ClN2O3. The van der Waals surface area contributed by atoms with Gasteiger partial charge in [0.2, 0.25) is 5.91 Å². The number of hydrogen-bond acceptors (Lipinski definition) is 3. The zero-order valence-corrected chi connectivity index (χ0v) is 15.3. The number of rotatable bonds is 4. The smallest absolute Gasteiger partial charge is 0.307 e. The molecule has 1 saturated heterocycles. The van der Waals surface area contributed by atoms with Gasteiger partial charge in [0, 0.05) is 37.7 Å². The van der Waals surface area contributed by atoms with Gasteiger partial charge in [0.15, 0.2) is 0 Å². The fraction of sp³-hybridized carbons (Fsp3) is 0.500. The van der Waals surface area contributed by atoms with Gasteiger partial charge in [-0.15, -0.1) is 0 Å². The molecule has 6 heteroatoms. The number of benzene rings is 1. The number of carboxylic acids is 1. The molecule has 1 heterocycles. The molecule has 2 fully saturated rings. The fourth-order valence-electron chi connectivity index (χ4n) is 4.73. The maximum Gasteiger partial charge on any atom is 0.307 e. The van der Waals surface area contributed by atoms with E-state index in [9.17, 15) is 14.7 Å². The Labute approximate surface area is 158 Å². The number of amides is 1. The van der Waals surface area contributed by atoms with E-state index < -0.39 is 11.9 Å². The summed E-state index contributed by atoms with van der Waals surface area (Å²) in [6, 6.07) is 7.84. The van der Waals surface area contributed by atoms with Gasteiger partial charge in [0.1, 0.15) is 0 Å². The molecule has 4 atom stereocenters. The molecule has 1 N–H and O–H groups in total. The molecule has 2 bridgehead atoms. The van der Waals surface area contributed by atoms with Crippen molar-refractivity contribution in [2.45, 2.75) is 13.0 Å². The number of allylic oxidation sites excluding steroid dienone is 2. The fourth-order valence-corrected chi connectivity index (χ4v) is 4.94. The molecule has 1 saturated carbocycles. The van der Waals surface area contributed by atoms with Crippen LogP contribution in [0.15, 0.2) is 36.4 Å². The highest BCUT2D eigenvalue weighted by Crippen LogP contribution is 2.48. The Morgan fingerprint density at radius 3 is 2.42 bits per heavy atom. The van der Waals surface area contributed by atoms with Gasteiger partial charge in [0.25, 0.3) is 0 Å². The molecule has 4 rings (SSSR count). The van der Waals surface area contributed by atoms with Crippen molar-refractivity contribution in [3.63, 3.8) is 0 Å². The highest BCUT2D eigenvalue weighted by atomic mass is 35.5. The molecular weight excluding hydrogens is 352 g/mol. The number of halogens is 1. The van der Waals surface area contributed by atoms with E-state index in [1.807, 2.05) is 35.3 Å². The van der Waals surface area contributed by atoms with E-state index in [0.717, 1.165) is 31.1 Å². The summed E-state index contributed by atoms with van der Waals surface area (Å²) in [5.74, 6) is -1.63. The van der Waals surface area contributed by atoms with Crippen molar-refractivity contribution in [3.8, 4) is 0 Å². The molecule has 1 aromatic carbocycles. The topological polar surface area (TPSA) is 60.9 Å². The number of fused-ring (bicyclic) bond motifs is 2. The maximum absolute atomic E-state index is 13.0. The minimum absolute atomic E-state index is 0.0237. The Morgan fingerprint density at radius 2 is 1.77 bits per heavy atom. The first-order valence-corrected chi connectivity index (χ1v) is 9.57. The molecule has 1 aromatic rings. The minimum Gasteiger partial charge on any atom is -0.481 e. The molecule has 5 nitrogen and oxygen atoms in total. The van der Waals surface area contributed by atoms with Crippen LogP contribution in [0, 0.1) is 23.7 Å². The van der Waals surface area contributed by atoms with E-state index in [2.05, 4.69) is 11.0 Å². The Balaban J connectivity index is 1.36. The second-order valence-corrected chi connectivity index (χ2v) is 8.01. The molecule has 0 spiro atoms. The first-order valence-electron chi connectivity index (χ1n) is 9.19. The van der Waals surface area contributed by atoms with E-state index >= 15 is 0 Å². The van der Waals surface area contributed by atoms with Crippen LogP contribution in [0.25, 0.3) is 0 Å². The largest absolute Gasteiger partial charge is 0.481 e. The predicted molar refractivity (Wildman–Crippen MR) is 98.7 cm³/mol. The zero-order valence-electron chi connectivity index (χ0n) is 14.6. The summed E-state index contributed by atoms with van der Waals surface area (Å²) < 4.78 is 0. The quantitative estimate of drug-likeness (QED) is 0.822. The minimum atomic E-state index is -0.834. The van der Waals surface area contributed by atoms with Crippen molar-refractivity contribution in [2.24, 2.45) is 23.7 Å². The van der Waals surface area contributed by atoms with Gasteiger partial charge < -0.3 is 10.0 Å². The van der Waals surface area contributed by atoms with Crippen LogP contribution in [-0.2, 0) is 16.1 Å². The number of carbonyl (C=O) groups is 2. The van der Waals surface area contributed by atoms with Crippen LogP contribution < -0.4 is 0 Å². The number of piperazine rings is 1. The van der Waals surface area contributed by atoms with Crippen molar-refractivity contribution >= 4 is 23.5 Å². The van der Waals surface area contributed by atoms with E-state index in [0.29, 0.717) is 13.1 Å². The van der Waals surface area contributed by atoms with Crippen LogP contribution in [0.3, 0.4) is 0 Å². The van der Waals surface area contributed by atoms with Crippen molar-refractivity contribution in [2.75, 3.05) is 26.2 Å². The third kappa shape index (κ3) is 3.26. The Hall–Kier alpha value is -1.85. The van der Waals surface area contributed by atoms with Crippen LogP contribution in [0.4, 0.5) is 0 Å². The molecule has 26 heavy (non-hydrogen) atoms. The predicted octanol–water partition coefficient (Wildman–Crippen LogP) is 2.51. The lowest BCUT2D eigenvalue weighted by atomic mass is 9.82. The molecule has 0 aromatic heterocycles. The normalized spacial score (nSPS) is 30.7. The second kappa shape index (κ2) is 7.05. The summed E-state index contributed by atoms with van der Waals surface area (Å²) in [4.78, 5) is 28.8. The zero-order chi connectivity index (χ0) is 18.3. The number of carbonyl (C=O) groups excluding carboxylic acids is 1. The van der Waals surface area contributed by atoms with E-state index in [-0.39, 0.29) is 23.7 Å². The van der Waals surface area contributed by atoms with Gasteiger partial charge in [-0.2, -0.15) is 0 Å². The first-order chi connectivity index (χ1) is 12.5. The SMILES string of the molecule is O=C(O)[C@H]1[C@@H](C(=O)N2CCN(Cc3cccc(Cl)c3)CC2)[C@H]2C=C[C@@H]1C2. The van der Waals surface area contributed by atoms with E-state index in [4.69, 9.17) is 11.6 Å². The Morgan fingerprint density at radius 1 is 1.08 bits per heavy atom. The molecule has 1 amide bonds. The van der Waals surface area contributed by atoms with Crippen molar-refractivity contribution in [1.29, 1.82) is 0 Å². The van der Waals surface area contributed by atoms with Crippen LogP contribution in [-0.4, -0.2) is 53.0 Å². The third-order valence-corrected chi connectivity index (χ3v) is 6.24. The maximum atomic E-state index is 13.0. The molecule has 138 valence electrons. The average molecular weight is 375 g/mol. The van der Waals surface area contributed by atoms with Gasteiger partial charge in [0.05, 0.1) is 11.8 Å². The summed E-state index contributed by atoms with van der Waals surface area (Å²) in [5, 5.41) is 10.3. The summed E-state index contributed by atoms with van der Waals surface area (Å²) in [6.07, 6.45) is 4.83. The van der Waals surface area contributed by atoms with Gasteiger partial charge >= 0.3 is 5.97 Å². The summed E-state index contributed by atoms with van der Waals surface area (Å²) >= 11 is 6.05. The average Bonchev–Trinajstić information content (AvgIpc) is 3.23. The summed E-state index contributed by atoms with van der Waals surface area (Å²) in [7, 11) is 0. The van der Waals surface area contributed by atoms with Gasteiger partial charge in [-0.05, 0) is 36.0 Å². The molecule has 2 aliphatic carbocycles. The van der Waals surface area contributed by atoms with Gasteiger partial charge in [-0.3, -0.25) is 14.5 Å². The van der Waals surface area contributed by atoms with E-state index in [1.54, 1.807) is 0 Å². The van der Waals surface area contributed by atoms with E-state index in [1.165, 1.54) is 5.56 Å². The monoisotopic (exact) mass is 374 g/mol. The van der Waals surface area contributed by atoms with Crippen LogP contribution in [0.1, 0.15) is 12.0 Å². The van der Waals surface area contributed by atoms with Crippen LogP contribution >= 0.6 is 11.6 Å². The van der Waals surface area contributed by atoms with Crippen LogP contribution in [0.2, 0.25) is 5.02 Å². The van der Waals surface area contributed by atoms with Gasteiger partial charge in [-0.1, -0.05) is 35.9 Å². The number of carboxylic acid groups (broad SMARTS) is 1. The molecule has 1 aliphatic heterocycles. The highest BCUT2D eigenvalue weighted by molar-refractivity contribution is 6.30. The summed E-state index contributed by atoms with van der Waals surface area (Å²) in [5.41, 5.74) is 1.17. The molecule has 0 radical (unpaired) electrons. The van der Waals surface area contributed by atoms with Crippen LogP contribution in [0.5, 0.6) is 0 Å². The van der Waals surface area contributed by atoms with Crippen molar-refractivity contribution < 1.29 is 14.7 Å². The van der Waals surface area contributed by atoms with Gasteiger partial charge in [-0.25, -0.2) is 0 Å². The second-order valence-electron chi connectivity index (χ2n) is 7.57. The summed E-state index contributed by atoms with van der Waals surface area (Å²) in [6.45, 7) is 3.73. The van der Waals surface area contributed by atoms with Crippen molar-refractivity contribution in [1.82, 2.24) is 9.80 Å². The third-order valence-electron chi connectivity index (χ3n) is 6.01. The lowest BCUT2D eigenvalue weighted by molar-refractivity contribution is -0.151. The lowest BCUT2D eigenvalue weighted by Crippen LogP contribution is -2.52. The number of aliphatic carboxylic acids is 1. The lowest BCUT2D eigenvalue weighted by Gasteiger charge is -2.37. The molecule has 3 aliphatic rings. The first kappa shape index (κ1) is 17.6. The Kier molecular flexibility index (Phi) is 4.76. The number of hydrogen-bond donors (Lipinski definition) is 1. The van der Waals surface area contributed by atoms with Crippen molar-refractivity contribution in [3.05, 3.63) is 47.0 Å².